The van der Waals surface area contributed by atoms with E-state index in [0.29, 0.717) is 24.5 Å². The number of sulfonamides is 1. The Bertz CT molecular complexity index is 1060. The first-order valence-corrected chi connectivity index (χ1v) is 12.8. The number of hydrogen-bond acceptors (Lipinski definition) is 7. The van der Waals surface area contributed by atoms with E-state index in [4.69, 9.17) is 0 Å². The first kappa shape index (κ1) is 19.2. The maximum absolute atomic E-state index is 12.8. The second-order valence-electron chi connectivity index (χ2n) is 5.84. The molecule has 27 heavy (non-hydrogen) atoms. The van der Waals surface area contributed by atoms with Gasteiger partial charge in [-0.25, -0.2) is 13.4 Å². The number of nitrogens with one attached hydrogen (secondary N) is 1. The van der Waals surface area contributed by atoms with Crippen molar-refractivity contribution < 1.29 is 13.2 Å². The highest BCUT2D eigenvalue weighted by Crippen LogP contribution is 2.34. The molecular weight excluding hydrogens is 490 g/mol. The van der Waals surface area contributed by atoms with Gasteiger partial charge in [-0.15, -0.1) is 34.0 Å². The van der Waals surface area contributed by atoms with Crippen molar-refractivity contribution in [1.29, 1.82) is 0 Å². The molecule has 1 atom stereocenters. The molecule has 1 aliphatic heterocycles. The average Bonchev–Trinajstić information content (AvgIpc) is 3.41. The number of rotatable bonds is 5. The van der Waals surface area contributed by atoms with E-state index < -0.39 is 16.1 Å². The van der Waals surface area contributed by atoms with Gasteiger partial charge in [-0.05, 0) is 52.4 Å². The van der Waals surface area contributed by atoms with Crippen LogP contribution in [0.15, 0.2) is 43.0 Å². The van der Waals surface area contributed by atoms with Crippen LogP contribution in [-0.4, -0.2) is 36.2 Å². The third kappa shape index (κ3) is 3.89. The topological polar surface area (TPSA) is 79.4 Å². The molecule has 0 aromatic carbocycles. The van der Waals surface area contributed by atoms with Crippen molar-refractivity contribution in [3.8, 4) is 10.6 Å². The number of halogens is 1. The first-order chi connectivity index (χ1) is 12.9. The van der Waals surface area contributed by atoms with Crippen LogP contribution in [0.2, 0.25) is 0 Å². The van der Waals surface area contributed by atoms with Crippen molar-refractivity contribution in [3.05, 3.63) is 38.8 Å². The van der Waals surface area contributed by atoms with E-state index in [9.17, 15) is 13.2 Å². The Balaban J connectivity index is 1.50. The van der Waals surface area contributed by atoms with Gasteiger partial charge in [0.05, 0.1) is 14.4 Å². The van der Waals surface area contributed by atoms with Crippen LogP contribution in [0.1, 0.15) is 12.8 Å². The highest BCUT2D eigenvalue weighted by Gasteiger charge is 2.40. The summed E-state index contributed by atoms with van der Waals surface area (Å²) in [5.74, 6) is -0.333. The zero-order valence-corrected chi connectivity index (χ0v) is 18.6. The summed E-state index contributed by atoms with van der Waals surface area (Å²) in [5, 5.41) is 6.86. The number of carbonyl (C=O) groups excluding carboxylic acids is 1. The average molecular weight is 504 g/mol. The number of hydrogen-bond donors (Lipinski definition) is 1. The van der Waals surface area contributed by atoms with Crippen molar-refractivity contribution in [3.63, 3.8) is 0 Å². The molecule has 1 saturated heterocycles. The molecule has 0 radical (unpaired) electrons. The van der Waals surface area contributed by atoms with E-state index in [2.05, 4.69) is 26.2 Å². The fraction of sp³-hybridized carbons (Fsp3) is 0.250. The molecule has 1 amide bonds. The van der Waals surface area contributed by atoms with E-state index in [1.807, 2.05) is 17.5 Å². The van der Waals surface area contributed by atoms with Gasteiger partial charge in [-0.2, -0.15) is 4.31 Å². The number of thiazole rings is 1. The second-order valence-corrected chi connectivity index (χ2v) is 12.2. The molecule has 142 valence electrons. The Kier molecular flexibility index (Phi) is 5.50. The van der Waals surface area contributed by atoms with Crippen LogP contribution in [0.25, 0.3) is 10.6 Å². The van der Waals surface area contributed by atoms with E-state index in [1.165, 1.54) is 15.6 Å². The summed E-state index contributed by atoms with van der Waals surface area (Å²) in [4.78, 5) is 18.2. The summed E-state index contributed by atoms with van der Waals surface area (Å²) >= 11 is 7.48. The van der Waals surface area contributed by atoms with Crippen molar-refractivity contribution >= 4 is 71.0 Å². The molecule has 11 heteroatoms. The van der Waals surface area contributed by atoms with Gasteiger partial charge in [0.15, 0.2) is 5.13 Å². The molecule has 0 spiro atoms. The van der Waals surface area contributed by atoms with E-state index >= 15 is 0 Å². The van der Waals surface area contributed by atoms with Crippen LogP contribution in [0.4, 0.5) is 5.13 Å². The van der Waals surface area contributed by atoms with Gasteiger partial charge in [-0.1, -0.05) is 6.07 Å². The maximum Gasteiger partial charge on any atom is 0.253 e. The fourth-order valence-corrected chi connectivity index (χ4v) is 7.81. The largest absolute Gasteiger partial charge is 0.301 e. The zero-order valence-electron chi connectivity index (χ0n) is 13.8. The minimum atomic E-state index is -3.65. The van der Waals surface area contributed by atoms with Gasteiger partial charge in [0.1, 0.15) is 10.3 Å². The number of nitrogens with zero attached hydrogens (tertiary/aromatic N) is 2. The van der Waals surface area contributed by atoms with Crippen LogP contribution in [0.5, 0.6) is 0 Å². The molecule has 1 fully saturated rings. The predicted octanol–water partition coefficient (Wildman–Crippen LogP) is 4.49. The molecule has 3 aromatic rings. The summed E-state index contributed by atoms with van der Waals surface area (Å²) < 4.78 is 28.2. The lowest BCUT2D eigenvalue weighted by Crippen LogP contribution is -2.42. The lowest BCUT2D eigenvalue weighted by atomic mass is 10.2. The minimum absolute atomic E-state index is 0.266. The van der Waals surface area contributed by atoms with Gasteiger partial charge in [0.2, 0.25) is 5.91 Å². The third-order valence-corrected chi connectivity index (χ3v) is 9.81. The number of carbonyl (C=O) groups is 1. The Morgan fingerprint density at radius 2 is 2.15 bits per heavy atom. The number of thiophene rings is 2. The summed E-state index contributed by atoms with van der Waals surface area (Å²) in [6.45, 7) is 0.352. The summed E-state index contributed by atoms with van der Waals surface area (Å²) in [7, 11) is -3.65. The quantitative estimate of drug-likeness (QED) is 0.556. The van der Waals surface area contributed by atoms with E-state index in [-0.39, 0.29) is 10.1 Å². The van der Waals surface area contributed by atoms with Crippen molar-refractivity contribution in [1.82, 2.24) is 9.29 Å². The highest BCUT2D eigenvalue weighted by molar-refractivity contribution is 9.11. The Morgan fingerprint density at radius 3 is 2.85 bits per heavy atom. The Morgan fingerprint density at radius 1 is 1.30 bits per heavy atom. The lowest BCUT2D eigenvalue weighted by Gasteiger charge is -2.22. The van der Waals surface area contributed by atoms with Crippen molar-refractivity contribution in [2.24, 2.45) is 0 Å². The minimum Gasteiger partial charge on any atom is -0.301 e. The van der Waals surface area contributed by atoms with Gasteiger partial charge in [-0.3, -0.25) is 4.79 Å². The molecule has 1 unspecified atom stereocenters. The predicted molar refractivity (Wildman–Crippen MR) is 113 cm³/mol. The van der Waals surface area contributed by atoms with Gasteiger partial charge in [0, 0.05) is 11.9 Å². The Labute approximate surface area is 177 Å². The molecular formula is C16H14BrN3O3S4. The molecule has 0 saturated carbocycles. The van der Waals surface area contributed by atoms with E-state index in [1.54, 1.807) is 28.8 Å². The van der Waals surface area contributed by atoms with Gasteiger partial charge < -0.3 is 5.32 Å². The van der Waals surface area contributed by atoms with E-state index in [0.717, 1.165) is 25.7 Å². The Hall–Kier alpha value is -1.11. The first-order valence-electron chi connectivity index (χ1n) is 8.02. The third-order valence-electron chi connectivity index (χ3n) is 4.12. The van der Waals surface area contributed by atoms with Crippen LogP contribution in [-0.2, 0) is 14.8 Å². The second kappa shape index (κ2) is 7.72. The lowest BCUT2D eigenvalue weighted by molar-refractivity contribution is -0.119. The van der Waals surface area contributed by atoms with Crippen molar-refractivity contribution in [2.45, 2.75) is 23.1 Å². The maximum atomic E-state index is 12.8. The smallest absolute Gasteiger partial charge is 0.253 e. The standard InChI is InChI=1S/C16H14BrN3O3S4/c17-13-6-5-12(26-13)10-9-25-16(18-10)19-15(21)11-3-1-7-20(11)27(22,23)14-4-2-8-24-14/h2,4-6,8-9,11H,1,3,7H2,(H,18,19,21). The zero-order chi connectivity index (χ0) is 19.0. The molecule has 6 nitrogen and oxygen atoms in total. The number of aromatic nitrogens is 1. The number of anilines is 1. The van der Waals surface area contributed by atoms with Crippen LogP contribution in [0, 0.1) is 0 Å². The molecule has 4 rings (SSSR count). The molecule has 1 aliphatic rings. The molecule has 3 aromatic heterocycles. The summed E-state index contributed by atoms with van der Waals surface area (Å²) in [5.41, 5.74) is 0.792. The SMILES string of the molecule is O=C(Nc1nc(-c2ccc(Br)s2)cs1)C1CCCN1S(=O)(=O)c1cccs1. The molecule has 0 aliphatic carbocycles. The normalized spacial score (nSPS) is 18.0. The summed E-state index contributed by atoms with van der Waals surface area (Å²) in [6, 6.07) is 6.47. The van der Waals surface area contributed by atoms with Gasteiger partial charge in [0.25, 0.3) is 10.0 Å². The fourth-order valence-electron chi connectivity index (χ4n) is 2.90. The number of amides is 1. The van der Waals surface area contributed by atoms with Gasteiger partial charge >= 0.3 is 0 Å². The van der Waals surface area contributed by atoms with Crippen LogP contribution >= 0.6 is 49.9 Å². The molecule has 1 N–H and O–H groups in total. The van der Waals surface area contributed by atoms with Crippen LogP contribution in [0.3, 0.4) is 0 Å². The van der Waals surface area contributed by atoms with Crippen molar-refractivity contribution in [2.75, 3.05) is 11.9 Å². The van der Waals surface area contributed by atoms with Crippen LogP contribution < -0.4 is 5.32 Å². The highest BCUT2D eigenvalue weighted by atomic mass is 79.9. The summed E-state index contributed by atoms with van der Waals surface area (Å²) in [6.07, 6.45) is 1.17. The monoisotopic (exact) mass is 503 g/mol. The molecule has 4 heterocycles. The molecule has 0 bridgehead atoms.